The molecule has 41 heteroatoms. The second-order valence-corrected chi connectivity index (χ2v) is 37.6. The van der Waals surface area contributed by atoms with E-state index in [0.29, 0.717) is 69.1 Å². The number of aromatic hydroxyl groups is 1. The van der Waals surface area contributed by atoms with Crippen molar-refractivity contribution in [3.05, 3.63) is 142 Å². The van der Waals surface area contributed by atoms with Crippen LogP contribution >= 0.6 is 54.8 Å². The number of methoxy groups -OCH3 is 2. The topological polar surface area (TPSA) is 535 Å². The molecule has 3 fully saturated rings. The molecule has 0 unspecified atom stereocenters. The number of nitrogens with zero attached hydrogens (tertiary/aromatic N) is 2. The van der Waals surface area contributed by atoms with Crippen molar-refractivity contribution in [2.75, 3.05) is 69.4 Å². The maximum absolute atomic E-state index is 15.1. The predicted octanol–water partition coefficient (Wildman–Crippen LogP) is 3.67. The fraction of sp³-hybridized carbons (Fsp3) is 0.512. The van der Waals surface area contributed by atoms with Gasteiger partial charge in [0, 0.05) is 92.9 Å². The van der Waals surface area contributed by atoms with E-state index in [1.807, 2.05) is 13.0 Å². The number of aliphatic carboxylic acids is 1. The quantitative estimate of drug-likeness (QED) is 0.0135. The molecule has 4 aliphatic rings. The minimum atomic E-state index is -1.92. The summed E-state index contributed by atoms with van der Waals surface area (Å²) >= 11 is 6.88. The first-order chi connectivity index (χ1) is 60.3. The molecule has 0 radical (unpaired) electrons. The van der Waals surface area contributed by atoms with E-state index in [1.54, 1.807) is 92.9 Å². The van der Waals surface area contributed by atoms with Crippen molar-refractivity contribution < 1.29 is 111 Å². The van der Waals surface area contributed by atoms with Crippen LogP contribution in [0.5, 0.6) is 17.2 Å². The van der Waals surface area contributed by atoms with E-state index < -0.39 is 186 Å². The minimum absolute atomic E-state index is 0.0234. The molecule has 1 aromatic heterocycles. The summed E-state index contributed by atoms with van der Waals surface area (Å²) in [4.78, 5) is 176. The van der Waals surface area contributed by atoms with Gasteiger partial charge in [0.2, 0.25) is 53.2 Å². The van der Waals surface area contributed by atoms with E-state index in [4.69, 9.17) is 51.5 Å². The van der Waals surface area contributed by atoms with Gasteiger partial charge in [0.15, 0.2) is 11.8 Å². The number of hydrogen-bond donors (Lipinski definition) is 16. The van der Waals surface area contributed by atoms with Crippen LogP contribution in [-0.2, 0) is 97.4 Å². The molecule has 4 aromatic carbocycles. The highest BCUT2D eigenvalue weighted by atomic mass is 35.5. The van der Waals surface area contributed by atoms with E-state index >= 15 is 9.59 Å². The van der Waals surface area contributed by atoms with Crippen LogP contribution in [0.25, 0.3) is 10.9 Å². The van der Waals surface area contributed by atoms with Gasteiger partial charge in [-0.3, -0.25) is 48.5 Å². The lowest BCUT2D eigenvalue weighted by Gasteiger charge is -2.42. The lowest BCUT2D eigenvalue weighted by molar-refractivity contribution is -0.162. The number of unbranched alkanes of at least 4 members (excludes halogenated alkanes) is 1. The Bertz CT molecular complexity index is 4780. The molecular weight excluding hydrogens is 1750 g/mol. The Morgan fingerprint density at radius 3 is 2.17 bits per heavy atom. The number of alkyl carbamates (subject to hydrolysis) is 1. The number of phenolic OH excluding ortho intramolecular Hbond substituents is 1. The van der Waals surface area contributed by atoms with Crippen LogP contribution in [0.2, 0.25) is 5.02 Å². The number of aromatic amines is 1. The number of hydrogen-bond acceptors (Lipinski definition) is 28. The van der Waals surface area contributed by atoms with Crippen LogP contribution in [0.1, 0.15) is 102 Å². The zero-order valence-electron chi connectivity index (χ0n) is 72.1. The molecule has 692 valence electrons. The van der Waals surface area contributed by atoms with Crippen molar-refractivity contribution in [1.29, 1.82) is 0 Å². The number of nitrogens with two attached hydrogens (primary N) is 2. The summed E-state index contributed by atoms with van der Waals surface area (Å²) in [6, 6.07) is 9.28. The number of nitrogens with one attached hydrogen (secondary N) is 9. The van der Waals surface area contributed by atoms with Crippen molar-refractivity contribution >= 4 is 143 Å². The summed E-state index contributed by atoms with van der Waals surface area (Å²) in [5.74, 6) is -10.0. The first kappa shape index (κ1) is 101. The number of likely N-dealkylation sites (N-methyl/N-ethyl adjacent to an activating group) is 1. The smallest absolute Gasteiger partial charge is 0.409 e. The number of halogens is 1. The monoisotopic (exact) mass is 1860 g/mol. The number of anilines is 1. The maximum atomic E-state index is 15.1. The van der Waals surface area contributed by atoms with Gasteiger partial charge in [0.25, 0.3) is 0 Å². The zero-order valence-corrected chi connectivity index (χ0v) is 76.1. The number of carboxylic acid groups (broad SMARTS) is 1. The van der Waals surface area contributed by atoms with Crippen LogP contribution in [0, 0.1) is 5.92 Å². The van der Waals surface area contributed by atoms with Crippen molar-refractivity contribution in [2.45, 2.75) is 208 Å². The largest absolute Gasteiger partial charge is 0.508 e. The number of rotatable bonds is 30. The minimum Gasteiger partial charge on any atom is -0.508 e. The normalized spacial score (nSPS) is 26.1. The third-order valence-electron chi connectivity index (χ3n) is 22.4. The average molecular weight is 1860 g/mol. The molecular formula is C86H114ClN13O23S4. The summed E-state index contributed by atoms with van der Waals surface area (Å²) in [5, 5.41) is 75.1. The molecule has 5 heterocycles. The summed E-state index contributed by atoms with van der Waals surface area (Å²) in [6.45, 7) is 9.54. The highest BCUT2D eigenvalue weighted by Gasteiger charge is 2.65. The van der Waals surface area contributed by atoms with E-state index in [9.17, 15) is 73.5 Å². The molecule has 3 saturated heterocycles. The van der Waals surface area contributed by atoms with Gasteiger partial charge in [-0.25, -0.2) is 14.4 Å². The molecule has 10 amide bonds. The molecule has 36 nitrogen and oxygen atoms in total. The van der Waals surface area contributed by atoms with Crippen molar-refractivity contribution in [2.24, 2.45) is 17.4 Å². The van der Waals surface area contributed by atoms with Crippen molar-refractivity contribution in [1.82, 2.24) is 52.4 Å². The molecule has 4 bridgehead atoms. The number of phenols is 1. The third kappa shape index (κ3) is 27.8. The Labute approximate surface area is 756 Å². The summed E-state index contributed by atoms with van der Waals surface area (Å²) in [5.41, 5.74) is 13.4. The number of carbonyl (C=O) groups excluding carboxylic acids is 11. The Hall–Kier alpha value is -9.85. The van der Waals surface area contributed by atoms with Crippen LogP contribution < -0.4 is 68.4 Å². The number of aromatic nitrogens is 1. The molecule has 9 rings (SSSR count). The average Bonchev–Trinajstić information content (AvgIpc) is 1.57. The maximum Gasteiger partial charge on any atom is 0.409 e. The number of ether oxygens (including phenoxy) is 6. The summed E-state index contributed by atoms with van der Waals surface area (Å²) < 4.78 is 35.7. The number of benzene rings is 4. The lowest BCUT2D eigenvalue weighted by atomic mass is 9.83. The summed E-state index contributed by atoms with van der Waals surface area (Å²) in [6.07, 6.45) is -1.45. The fourth-order valence-corrected chi connectivity index (χ4v) is 19.2. The first-order valence-corrected chi connectivity index (χ1v) is 46.8. The van der Waals surface area contributed by atoms with Gasteiger partial charge in [-0.05, 0) is 138 Å². The van der Waals surface area contributed by atoms with Crippen molar-refractivity contribution in [3.63, 3.8) is 0 Å². The SMILES string of the molecule is COc1cc2cc(c1Cl)N(C)C(=O)C[C@H](OC(=O)[C@H](C)N(C)C(=O)CCSSCCOc1ccc(C[C@@H](N)C(=O)N[C@H]3CSSC[C@@H](C(=O)N[C@H](C(=O)O)[C@@H](C)O)NC(=O)[C@H]([C@@H](C)O)NC(=O)[C@H](CCCCN)NC(=O)[C@@H](Cc4c[nH]c5ccccc45)NC(=O)[C@H](Cc4ccc(O)cc4)NC3=O)cc1)[C@@]1(C)O[C@H]1[C@H](C)[C@@H]1C[C@@](O)(NC(=O)O1)[C@H](OC)/C=C/C=C(\C)C2. The van der Waals surface area contributed by atoms with E-state index in [1.165, 1.54) is 97.8 Å². The molecule has 0 aliphatic carbocycles. The van der Waals surface area contributed by atoms with Crippen LogP contribution in [0.15, 0.2) is 115 Å². The number of amides is 10. The van der Waals surface area contributed by atoms with Gasteiger partial charge in [-0.2, -0.15) is 0 Å². The van der Waals surface area contributed by atoms with Crippen LogP contribution in [-0.4, -0.2) is 273 Å². The molecule has 0 spiro atoms. The molecule has 4 aliphatic heterocycles. The number of carbonyl (C=O) groups is 12. The van der Waals surface area contributed by atoms with Crippen LogP contribution in [0.3, 0.4) is 0 Å². The number of fused-ring (bicyclic) bond motifs is 6. The number of esters is 1. The number of epoxide rings is 1. The van der Waals surface area contributed by atoms with E-state index in [2.05, 4.69) is 47.5 Å². The first-order valence-electron chi connectivity index (χ1n) is 41.4. The third-order valence-corrected chi connectivity index (χ3v) is 27.6. The number of carboxylic acids is 1. The number of aliphatic hydroxyl groups is 3. The molecule has 0 saturated carbocycles. The number of allylic oxidation sites excluding steroid dienone is 3. The van der Waals surface area contributed by atoms with Gasteiger partial charge in [0.1, 0.15) is 88.5 Å². The second-order valence-electron chi connectivity index (χ2n) is 32.0. The van der Waals surface area contributed by atoms with Gasteiger partial charge < -0.3 is 117 Å². The fourth-order valence-electron chi connectivity index (χ4n) is 14.7. The Morgan fingerprint density at radius 2 is 1.50 bits per heavy atom. The standard InChI is InChI=1S/C86H114ClN13O23S4/c1-45-16-15-20-67(119-10)86(117)41-66(121-84(116)98-86)46(2)74-85(6,123-74)68(40-70(105)100(8)64-37-52(34-45)38-65(118-9)71(64)87)122-83(115)47(3)99(7)69(104)29-32-124-125-33-31-120-55-27-23-50(24-28-55)35-57(89)75(106)94-62-43-126-127-44-63(80(111)97-73(49(5)102)82(113)114)95-81(112)72(48(4)101)96-76(107)59(19-13-14-30-88)91-78(109)61(39-53-42-90-58-18-12-11-17-56(53)58)93-77(108)60(92-79(62)110)36-51-21-25-54(103)26-22-51/h11-12,15-18,20-28,37-38,42,46-49,57,59-63,66-68,72-74,90,101-103,117H,13-14,19,29-36,39-41,43-44,88-89H2,1-10H3,(H,91,109)(H,92,110)(H,93,108)(H,94,106)(H,95,112)(H,96,107)(H,97,111)(H,98,116)(H,113,114)/b20-15+,45-16+/t46-,47+,48-,49-,57-,59+,60+,61-,62+,63+,66+,67-,68+,72+,73+,74+,85-,86+/m1/s1. The Balaban J connectivity index is 0.839. The summed E-state index contributed by atoms with van der Waals surface area (Å²) in [7, 11) is 10.5. The second kappa shape index (κ2) is 46.9. The molecule has 18 N–H and O–H groups in total. The van der Waals surface area contributed by atoms with Gasteiger partial charge in [-0.15, -0.1) is 0 Å². The molecule has 5 aromatic rings. The number of para-hydroxylation sites is 1. The van der Waals surface area contributed by atoms with Gasteiger partial charge in [-0.1, -0.05) is 128 Å². The van der Waals surface area contributed by atoms with Gasteiger partial charge in [0.05, 0.1) is 50.2 Å². The lowest BCUT2D eigenvalue weighted by Crippen LogP contribution is -2.63. The highest BCUT2D eigenvalue weighted by molar-refractivity contribution is 8.77. The molecule has 18 atom stereocenters. The number of aliphatic hydroxyl groups excluding tert-OH is 2. The van der Waals surface area contributed by atoms with Gasteiger partial charge >= 0.3 is 18.0 Å². The van der Waals surface area contributed by atoms with Crippen molar-refractivity contribution in [3.8, 4) is 17.2 Å². The van der Waals surface area contributed by atoms with Crippen LogP contribution in [0.4, 0.5) is 10.5 Å². The molecule has 127 heavy (non-hydrogen) atoms. The Morgan fingerprint density at radius 1 is 0.835 bits per heavy atom. The predicted molar refractivity (Wildman–Crippen MR) is 480 cm³/mol. The highest BCUT2D eigenvalue weighted by Crippen LogP contribution is 2.50. The van der Waals surface area contributed by atoms with E-state index in [-0.39, 0.29) is 80.5 Å². The van der Waals surface area contributed by atoms with E-state index in [0.717, 1.165) is 39.6 Å². The Kier molecular flexibility index (Phi) is 37.3. The zero-order chi connectivity index (χ0) is 92.7. The number of H-pyrrole nitrogens is 1.